The molecule has 0 aromatic heterocycles. The van der Waals surface area contributed by atoms with E-state index in [9.17, 15) is 0 Å². The zero-order valence-corrected chi connectivity index (χ0v) is 25.3. The maximum atomic E-state index is 2.36. The molecule has 0 N–H and O–H groups in total. The number of hydrogen-bond donors (Lipinski definition) is 0. The van der Waals surface area contributed by atoms with Crippen LogP contribution in [0.4, 0.5) is 34.1 Å². The molecule has 0 radical (unpaired) electrons. The molecule has 0 aliphatic carbocycles. The molecule has 5 aromatic rings. The van der Waals surface area contributed by atoms with E-state index in [-0.39, 0.29) is 10.8 Å². The Morgan fingerprint density at radius 2 is 0.683 bits per heavy atom. The maximum absolute atomic E-state index is 2.36. The van der Waals surface area contributed by atoms with Crippen molar-refractivity contribution in [1.29, 1.82) is 0 Å². The summed E-state index contributed by atoms with van der Waals surface area (Å²) in [5, 5.41) is 0. The lowest BCUT2D eigenvalue weighted by molar-refractivity contribution is 0.506. The molecular weight excluding hydrogens is 496 g/mol. The Kier molecular flexibility index (Phi) is 8.03. The molecule has 0 aliphatic rings. The van der Waals surface area contributed by atoms with Crippen LogP contribution < -0.4 is 9.80 Å². The molecule has 0 saturated heterocycles. The topological polar surface area (TPSA) is 6.48 Å². The van der Waals surface area contributed by atoms with E-state index in [4.69, 9.17) is 0 Å². The molecule has 0 fully saturated rings. The predicted octanol–water partition coefficient (Wildman–Crippen LogP) is 11.6. The highest BCUT2D eigenvalue weighted by molar-refractivity contribution is 5.81. The van der Waals surface area contributed by atoms with Crippen LogP contribution in [0.1, 0.15) is 59.1 Å². The normalized spacial score (nSPS) is 11.8. The van der Waals surface area contributed by atoms with Crippen molar-refractivity contribution in [2.75, 3.05) is 9.80 Å². The van der Waals surface area contributed by atoms with Crippen LogP contribution in [0.3, 0.4) is 0 Å². The van der Waals surface area contributed by atoms with Gasteiger partial charge in [0.05, 0.1) is 0 Å². The molecule has 0 saturated carbocycles. The molecule has 0 spiro atoms. The fourth-order valence-corrected chi connectivity index (χ4v) is 5.18. The Hall–Kier alpha value is -4.30. The second-order valence-electron chi connectivity index (χ2n) is 12.4. The number of nitrogens with zero attached hydrogens (tertiary/aromatic N) is 2. The first kappa shape index (κ1) is 28.2. The van der Waals surface area contributed by atoms with E-state index < -0.39 is 0 Å². The molecule has 2 nitrogen and oxygen atoms in total. The molecule has 5 aromatic carbocycles. The van der Waals surface area contributed by atoms with Gasteiger partial charge in [0, 0.05) is 34.1 Å². The molecule has 0 aliphatic heterocycles. The summed E-state index contributed by atoms with van der Waals surface area (Å²) in [6, 6.07) is 48.1. The first-order valence-corrected chi connectivity index (χ1v) is 14.7. The van der Waals surface area contributed by atoms with Crippen LogP contribution in [0.2, 0.25) is 0 Å². The number of benzene rings is 5. The van der Waals surface area contributed by atoms with Crippen molar-refractivity contribution in [2.24, 2.45) is 0 Å². The van der Waals surface area contributed by atoms with Crippen LogP contribution in [-0.2, 0) is 10.8 Å². The largest absolute Gasteiger partial charge is 0.311 e. The molecule has 5 rings (SSSR count). The number of hydrogen-bond acceptors (Lipinski definition) is 2. The van der Waals surface area contributed by atoms with Gasteiger partial charge in [0.15, 0.2) is 0 Å². The highest BCUT2D eigenvalue weighted by Crippen LogP contribution is 2.40. The van der Waals surface area contributed by atoms with Gasteiger partial charge >= 0.3 is 0 Å². The molecule has 0 amide bonds. The second kappa shape index (κ2) is 11.7. The summed E-state index contributed by atoms with van der Waals surface area (Å²) in [5.74, 6) is 0. The van der Waals surface area contributed by atoms with Crippen molar-refractivity contribution in [3.8, 4) is 0 Å². The molecule has 0 bridgehead atoms. The zero-order chi connectivity index (χ0) is 29.0. The number of rotatable bonds is 8. The van der Waals surface area contributed by atoms with Crippen molar-refractivity contribution >= 4 is 34.1 Å². The second-order valence-corrected chi connectivity index (χ2v) is 12.4. The van der Waals surface area contributed by atoms with Crippen LogP contribution in [0.5, 0.6) is 0 Å². The van der Waals surface area contributed by atoms with Gasteiger partial charge in [-0.2, -0.15) is 0 Å². The van der Waals surface area contributed by atoms with E-state index >= 15 is 0 Å². The first-order valence-electron chi connectivity index (χ1n) is 14.7. The third kappa shape index (κ3) is 6.23. The van der Waals surface area contributed by atoms with Crippen molar-refractivity contribution in [3.63, 3.8) is 0 Å². The Balaban J connectivity index is 1.57. The summed E-state index contributed by atoms with van der Waals surface area (Å²) < 4.78 is 0. The Labute approximate surface area is 246 Å². The van der Waals surface area contributed by atoms with E-state index in [1.165, 1.54) is 11.1 Å². The van der Waals surface area contributed by atoms with Crippen LogP contribution >= 0.6 is 0 Å². The maximum Gasteiger partial charge on any atom is 0.0463 e. The quantitative estimate of drug-likeness (QED) is 0.194. The minimum absolute atomic E-state index is 0.108. The molecule has 41 heavy (non-hydrogen) atoms. The smallest absolute Gasteiger partial charge is 0.0463 e. The van der Waals surface area contributed by atoms with Crippen LogP contribution in [0.25, 0.3) is 0 Å². The zero-order valence-electron chi connectivity index (χ0n) is 25.3. The standard InChI is InChI=1S/C39H42N2/c1-7-39(5,6)31-20-24-35(25-21-31)41(34-22-18-30(19-23-34)38(2,3)4)37-28-26-36(27-29-37)40(32-14-10-8-11-15-32)33-16-12-9-13-17-33/h8-29H,7H2,1-6H3. The molecule has 208 valence electrons. The summed E-state index contributed by atoms with van der Waals surface area (Å²) >= 11 is 0. The van der Waals surface area contributed by atoms with E-state index in [0.29, 0.717) is 0 Å². The van der Waals surface area contributed by atoms with Crippen LogP contribution in [-0.4, -0.2) is 0 Å². The molecule has 0 atom stereocenters. The monoisotopic (exact) mass is 538 g/mol. The van der Waals surface area contributed by atoms with E-state index in [1.54, 1.807) is 0 Å². The fourth-order valence-electron chi connectivity index (χ4n) is 5.18. The SMILES string of the molecule is CCC(C)(C)c1ccc(N(c2ccc(N(c3ccccc3)c3ccccc3)cc2)c2ccc(C(C)(C)C)cc2)cc1. The van der Waals surface area contributed by atoms with Gasteiger partial charge in [0.1, 0.15) is 0 Å². The van der Waals surface area contributed by atoms with Crippen LogP contribution in [0, 0.1) is 0 Å². The van der Waals surface area contributed by atoms with Gasteiger partial charge in [-0.1, -0.05) is 102 Å². The summed E-state index contributed by atoms with van der Waals surface area (Å²) in [6.45, 7) is 13.7. The number of anilines is 6. The van der Waals surface area contributed by atoms with Crippen molar-refractivity contribution in [1.82, 2.24) is 0 Å². The van der Waals surface area contributed by atoms with Gasteiger partial charge < -0.3 is 9.80 Å². The lowest BCUT2D eigenvalue weighted by Crippen LogP contribution is -2.16. The Bertz CT molecular complexity index is 1490. The summed E-state index contributed by atoms with van der Waals surface area (Å²) in [5.41, 5.74) is 9.77. The molecular formula is C39H42N2. The fraction of sp³-hybridized carbons (Fsp3) is 0.231. The van der Waals surface area contributed by atoms with Gasteiger partial charge in [0.25, 0.3) is 0 Å². The Morgan fingerprint density at radius 1 is 0.390 bits per heavy atom. The predicted molar refractivity (Wildman–Crippen MR) is 178 cm³/mol. The average Bonchev–Trinajstić information content (AvgIpc) is 2.99. The van der Waals surface area contributed by atoms with Gasteiger partial charge in [-0.3, -0.25) is 0 Å². The van der Waals surface area contributed by atoms with Crippen LogP contribution in [0.15, 0.2) is 133 Å². The van der Waals surface area contributed by atoms with Gasteiger partial charge in [-0.05, 0) is 101 Å². The lowest BCUT2D eigenvalue weighted by atomic mass is 9.82. The summed E-state index contributed by atoms with van der Waals surface area (Å²) in [6.07, 6.45) is 1.10. The molecule has 0 heterocycles. The van der Waals surface area contributed by atoms with E-state index in [2.05, 4.69) is 185 Å². The Morgan fingerprint density at radius 3 is 1.00 bits per heavy atom. The van der Waals surface area contributed by atoms with Crippen molar-refractivity contribution in [3.05, 3.63) is 145 Å². The van der Waals surface area contributed by atoms with E-state index in [0.717, 1.165) is 40.5 Å². The van der Waals surface area contributed by atoms with Gasteiger partial charge in [0.2, 0.25) is 0 Å². The van der Waals surface area contributed by atoms with Gasteiger partial charge in [-0.15, -0.1) is 0 Å². The summed E-state index contributed by atoms with van der Waals surface area (Å²) in [7, 11) is 0. The third-order valence-electron chi connectivity index (χ3n) is 8.18. The van der Waals surface area contributed by atoms with E-state index in [1.807, 2.05) is 0 Å². The van der Waals surface area contributed by atoms with Crippen molar-refractivity contribution < 1.29 is 0 Å². The highest BCUT2D eigenvalue weighted by Gasteiger charge is 2.20. The minimum Gasteiger partial charge on any atom is -0.311 e. The summed E-state index contributed by atoms with van der Waals surface area (Å²) in [4.78, 5) is 4.65. The highest BCUT2D eigenvalue weighted by atomic mass is 15.2. The molecule has 2 heteroatoms. The van der Waals surface area contributed by atoms with Crippen molar-refractivity contribution in [2.45, 2.75) is 58.8 Å². The third-order valence-corrected chi connectivity index (χ3v) is 8.18. The minimum atomic E-state index is 0.108. The first-order chi connectivity index (χ1) is 19.7. The number of para-hydroxylation sites is 2. The molecule has 0 unspecified atom stereocenters. The van der Waals surface area contributed by atoms with Gasteiger partial charge in [-0.25, -0.2) is 0 Å². The lowest BCUT2D eigenvalue weighted by Gasteiger charge is -2.30. The average molecular weight is 539 g/mol.